The maximum atomic E-state index is 14.3. The lowest BCUT2D eigenvalue weighted by Crippen LogP contribution is -2.68. The van der Waals surface area contributed by atoms with Gasteiger partial charge in [-0.1, -0.05) is 65.3 Å². The molecule has 1 aromatic heterocycles. The van der Waals surface area contributed by atoms with E-state index in [9.17, 15) is 20.1 Å². The van der Waals surface area contributed by atoms with Crippen LogP contribution in [0.25, 0.3) is 0 Å². The topological polar surface area (TPSA) is 121 Å². The monoisotopic (exact) mass is 596 g/mol. The molecule has 8 heteroatoms. The largest absolute Gasteiger partial charge is 0.394 e. The quantitative estimate of drug-likeness (QED) is 0.355. The van der Waals surface area contributed by atoms with E-state index in [4.69, 9.17) is 0 Å². The first-order chi connectivity index (χ1) is 20.0. The summed E-state index contributed by atoms with van der Waals surface area (Å²) in [5.41, 5.74) is 1.15. The smallest absolute Gasteiger partial charge is 0.229 e. The van der Waals surface area contributed by atoms with Gasteiger partial charge in [0.2, 0.25) is 5.91 Å². The van der Waals surface area contributed by atoms with Crippen LogP contribution >= 0.6 is 0 Å². The van der Waals surface area contributed by atoms with E-state index >= 15 is 0 Å². The summed E-state index contributed by atoms with van der Waals surface area (Å²) in [4.78, 5) is 14.3. The third-order valence-electron chi connectivity index (χ3n) is 14.4. The molecule has 8 nitrogen and oxygen atoms in total. The number of hydrogen-bond donors (Lipinski definition) is 4. The Morgan fingerprint density at radius 2 is 1.72 bits per heavy atom. The lowest BCUT2D eigenvalue weighted by molar-refractivity contribution is -0.215. The average Bonchev–Trinajstić information content (AvgIpc) is 3.37. The Kier molecular flexibility index (Phi) is 7.35. The molecule has 4 saturated carbocycles. The predicted molar refractivity (Wildman–Crippen MR) is 165 cm³/mol. The number of amides is 1. The van der Waals surface area contributed by atoms with E-state index < -0.39 is 11.5 Å². The molecule has 4 fully saturated rings. The van der Waals surface area contributed by atoms with Crippen LogP contribution in [0.5, 0.6) is 0 Å². The Bertz CT molecular complexity index is 1290. The number of aromatic nitrogens is 3. The van der Waals surface area contributed by atoms with Gasteiger partial charge in [0.1, 0.15) is 5.69 Å². The van der Waals surface area contributed by atoms with Crippen molar-refractivity contribution in [2.75, 3.05) is 6.61 Å². The molecule has 9 atom stereocenters. The molecule has 0 radical (unpaired) electrons. The number of carbonyl (C=O) groups excluding carboxylic acids is 1. The molecule has 3 unspecified atom stereocenters. The van der Waals surface area contributed by atoms with Gasteiger partial charge in [-0.15, -0.1) is 5.10 Å². The van der Waals surface area contributed by atoms with Crippen molar-refractivity contribution in [1.82, 2.24) is 20.3 Å². The molecule has 0 aromatic carbocycles. The van der Waals surface area contributed by atoms with Gasteiger partial charge in [-0.25, -0.2) is 4.68 Å². The van der Waals surface area contributed by atoms with E-state index in [2.05, 4.69) is 70.2 Å². The number of carbonyl (C=O) groups is 1. The minimum Gasteiger partial charge on any atom is -0.394 e. The number of hydrogen-bond acceptors (Lipinski definition) is 6. The van der Waals surface area contributed by atoms with E-state index in [1.165, 1.54) is 5.57 Å². The van der Waals surface area contributed by atoms with E-state index in [1.807, 2.05) is 0 Å². The van der Waals surface area contributed by atoms with Crippen LogP contribution in [-0.4, -0.2) is 55.0 Å². The van der Waals surface area contributed by atoms with E-state index in [-0.39, 0.29) is 58.2 Å². The van der Waals surface area contributed by atoms with Crippen LogP contribution < -0.4 is 5.32 Å². The Balaban J connectivity index is 1.36. The number of nitrogens with one attached hydrogen (secondary N) is 1. The van der Waals surface area contributed by atoms with Gasteiger partial charge in [0, 0.05) is 0 Å². The summed E-state index contributed by atoms with van der Waals surface area (Å²) >= 11 is 0. The number of aliphatic hydroxyl groups is 3. The second kappa shape index (κ2) is 10.1. The normalized spacial score (nSPS) is 44.7. The minimum absolute atomic E-state index is 0.0110. The van der Waals surface area contributed by atoms with Gasteiger partial charge in [-0.05, 0) is 103 Å². The molecule has 1 aromatic rings. The van der Waals surface area contributed by atoms with Crippen molar-refractivity contribution in [1.29, 1.82) is 0 Å². The van der Waals surface area contributed by atoms with Crippen molar-refractivity contribution < 1.29 is 20.1 Å². The summed E-state index contributed by atoms with van der Waals surface area (Å²) in [6.07, 6.45) is 11.5. The van der Waals surface area contributed by atoms with Crippen LogP contribution in [0, 0.1) is 50.2 Å². The molecule has 5 aliphatic rings. The van der Waals surface area contributed by atoms with Crippen LogP contribution in [0.15, 0.2) is 17.8 Å². The van der Waals surface area contributed by atoms with E-state index in [0.717, 1.165) is 44.9 Å². The Morgan fingerprint density at radius 3 is 2.44 bits per heavy atom. The highest BCUT2D eigenvalue weighted by Crippen LogP contribution is 2.75. The zero-order chi connectivity index (χ0) is 31.2. The summed E-state index contributed by atoms with van der Waals surface area (Å²) in [5, 5.41) is 44.0. The Hall–Kier alpha value is -1.77. The molecule has 1 amide bonds. The number of fused-ring (bicyclic) bond motifs is 7. The second-order valence-corrected chi connectivity index (χ2v) is 17.2. The molecule has 0 spiro atoms. The van der Waals surface area contributed by atoms with Crippen LogP contribution in [0.4, 0.5) is 0 Å². The molecular weight excluding hydrogens is 540 g/mol. The minimum atomic E-state index is -0.858. The first-order valence-electron chi connectivity index (χ1n) is 16.9. The van der Waals surface area contributed by atoms with Crippen molar-refractivity contribution in [3.05, 3.63) is 23.5 Å². The Labute approximate surface area is 258 Å². The maximum absolute atomic E-state index is 14.3. The van der Waals surface area contributed by atoms with Crippen LogP contribution in [0.1, 0.15) is 112 Å². The zero-order valence-electron chi connectivity index (χ0n) is 27.6. The van der Waals surface area contributed by atoms with Crippen molar-refractivity contribution in [3.63, 3.8) is 0 Å². The van der Waals surface area contributed by atoms with Crippen molar-refractivity contribution in [3.8, 4) is 0 Å². The molecule has 0 bridgehead atoms. The SMILES string of the molecule is CC1(C)CC[C@@]2(C(=O)NCc3cn(CCO)nn3)C(C1)C1=CCC3[C@@]4(C)CC[C@H](O)C(C)(C)C4CC[C@@]3(C)[C@]1(C)C[C@H]2O. The van der Waals surface area contributed by atoms with Gasteiger partial charge >= 0.3 is 0 Å². The summed E-state index contributed by atoms with van der Waals surface area (Å²) in [6, 6.07) is 0. The molecular formula is C35H56N4O4. The lowest BCUT2D eigenvalue weighted by Gasteiger charge is -2.71. The molecule has 4 N–H and O–H groups in total. The van der Waals surface area contributed by atoms with Gasteiger partial charge in [-0.3, -0.25) is 4.79 Å². The second-order valence-electron chi connectivity index (χ2n) is 17.2. The highest BCUT2D eigenvalue weighted by Gasteiger charge is 2.71. The fourth-order valence-corrected chi connectivity index (χ4v) is 11.7. The summed E-state index contributed by atoms with van der Waals surface area (Å²) in [5.74, 6) is 0.878. The number of allylic oxidation sites excluding steroid dienone is 2. The van der Waals surface area contributed by atoms with E-state index in [1.54, 1.807) is 10.9 Å². The molecule has 240 valence electrons. The van der Waals surface area contributed by atoms with Gasteiger partial charge in [0.25, 0.3) is 0 Å². The third-order valence-corrected chi connectivity index (χ3v) is 14.4. The van der Waals surface area contributed by atoms with E-state index in [0.29, 0.717) is 36.9 Å². The highest BCUT2D eigenvalue weighted by atomic mass is 16.3. The summed E-state index contributed by atoms with van der Waals surface area (Å²) in [6.45, 7) is 17.2. The first-order valence-corrected chi connectivity index (χ1v) is 16.9. The number of aliphatic hydroxyl groups excluding tert-OH is 3. The predicted octanol–water partition coefficient (Wildman–Crippen LogP) is 5.02. The van der Waals surface area contributed by atoms with Crippen molar-refractivity contribution in [2.24, 2.45) is 50.2 Å². The van der Waals surface area contributed by atoms with Gasteiger partial charge in [-0.2, -0.15) is 0 Å². The molecule has 0 aliphatic heterocycles. The van der Waals surface area contributed by atoms with Crippen LogP contribution in [0.2, 0.25) is 0 Å². The van der Waals surface area contributed by atoms with Crippen molar-refractivity contribution >= 4 is 5.91 Å². The first kappa shape index (κ1) is 31.2. The standard InChI is InChI=1S/C35H56N4O4/c1-30(2)14-15-35(29(43)36-20-22-21-39(16-17-40)38-37-22)24(18-30)23-8-9-26-32(5)12-11-27(41)31(3,4)25(32)10-13-33(26,6)34(23,7)19-28(35)42/h8,21,24-28,40-42H,9-20H2,1-7H3,(H,36,43)/t24?,25?,26?,27-,28+,32-,33+,34+,35+/m0/s1. The number of rotatable bonds is 5. The zero-order valence-corrected chi connectivity index (χ0v) is 27.6. The lowest BCUT2D eigenvalue weighted by atomic mass is 9.33. The molecule has 1 heterocycles. The summed E-state index contributed by atoms with van der Waals surface area (Å²) < 4.78 is 1.58. The Morgan fingerprint density at radius 1 is 0.977 bits per heavy atom. The van der Waals surface area contributed by atoms with Gasteiger partial charge in [0.15, 0.2) is 0 Å². The fourth-order valence-electron chi connectivity index (χ4n) is 11.7. The van der Waals surface area contributed by atoms with Gasteiger partial charge in [0.05, 0.1) is 43.5 Å². The molecule has 43 heavy (non-hydrogen) atoms. The molecule has 0 saturated heterocycles. The number of nitrogens with zero attached hydrogens (tertiary/aromatic N) is 3. The summed E-state index contributed by atoms with van der Waals surface area (Å²) in [7, 11) is 0. The molecule has 5 aliphatic carbocycles. The van der Waals surface area contributed by atoms with Crippen molar-refractivity contribution in [2.45, 2.75) is 132 Å². The van der Waals surface area contributed by atoms with Crippen LogP contribution in [-0.2, 0) is 17.9 Å². The fraction of sp³-hybridized carbons (Fsp3) is 0.857. The molecule has 6 rings (SSSR count). The van der Waals surface area contributed by atoms with Crippen LogP contribution in [0.3, 0.4) is 0 Å². The average molecular weight is 597 g/mol. The third kappa shape index (κ3) is 4.35. The maximum Gasteiger partial charge on any atom is 0.229 e. The van der Waals surface area contributed by atoms with Gasteiger partial charge < -0.3 is 20.6 Å². The highest BCUT2D eigenvalue weighted by molar-refractivity contribution is 5.85.